The van der Waals surface area contributed by atoms with E-state index in [1.165, 1.54) is 14.0 Å². The third kappa shape index (κ3) is 4.56. The zero-order valence-corrected chi connectivity index (χ0v) is 14.6. The van der Waals surface area contributed by atoms with Crippen LogP contribution in [0.1, 0.15) is 18.1 Å². The molecular weight excluding hydrogens is 328 g/mol. The molecule has 0 spiro atoms. The van der Waals surface area contributed by atoms with Crippen molar-refractivity contribution in [3.05, 3.63) is 53.6 Å². The van der Waals surface area contributed by atoms with Crippen LogP contribution in [0, 0.1) is 6.92 Å². The molecule has 0 radical (unpaired) electrons. The first-order chi connectivity index (χ1) is 11.3. The lowest BCUT2D eigenvalue weighted by Gasteiger charge is -2.12. The van der Waals surface area contributed by atoms with Gasteiger partial charge in [-0.1, -0.05) is 12.1 Å². The monoisotopic (exact) mass is 348 g/mol. The first kappa shape index (κ1) is 18.0. The zero-order chi connectivity index (χ0) is 17.7. The maximum Gasteiger partial charge on any atom is 0.240 e. The standard InChI is InChI=1S/C17H20N2O4S/c1-12-5-4-6-16(9-12)24(21,22)18-11-14-10-15(19-13(2)20)7-8-17(14)23-3/h4-10,18H,11H2,1-3H3,(H,19,20). The zero-order valence-electron chi connectivity index (χ0n) is 13.8. The number of ether oxygens (including phenoxy) is 1. The molecule has 2 N–H and O–H groups in total. The third-order valence-electron chi connectivity index (χ3n) is 3.35. The second-order valence-electron chi connectivity index (χ2n) is 5.35. The van der Waals surface area contributed by atoms with E-state index in [-0.39, 0.29) is 17.3 Å². The number of methoxy groups -OCH3 is 1. The predicted molar refractivity (Wildman–Crippen MR) is 92.5 cm³/mol. The van der Waals surface area contributed by atoms with E-state index in [1.807, 2.05) is 13.0 Å². The van der Waals surface area contributed by atoms with Gasteiger partial charge in [0.05, 0.1) is 12.0 Å². The van der Waals surface area contributed by atoms with Crippen LogP contribution in [-0.2, 0) is 21.4 Å². The van der Waals surface area contributed by atoms with Gasteiger partial charge in [0, 0.05) is 24.7 Å². The maximum atomic E-state index is 12.4. The van der Waals surface area contributed by atoms with Crippen molar-refractivity contribution in [2.24, 2.45) is 0 Å². The van der Waals surface area contributed by atoms with Crippen LogP contribution >= 0.6 is 0 Å². The van der Waals surface area contributed by atoms with Gasteiger partial charge in [0.1, 0.15) is 5.75 Å². The van der Waals surface area contributed by atoms with E-state index >= 15 is 0 Å². The smallest absolute Gasteiger partial charge is 0.240 e. The van der Waals surface area contributed by atoms with Crippen LogP contribution in [0.2, 0.25) is 0 Å². The molecule has 2 aromatic rings. The Morgan fingerprint density at radius 1 is 1.17 bits per heavy atom. The number of nitrogens with one attached hydrogen (secondary N) is 2. The minimum atomic E-state index is -3.63. The topological polar surface area (TPSA) is 84.5 Å². The average Bonchev–Trinajstić information content (AvgIpc) is 2.52. The van der Waals surface area contributed by atoms with E-state index in [9.17, 15) is 13.2 Å². The second kappa shape index (κ2) is 7.46. The average molecular weight is 348 g/mol. The summed E-state index contributed by atoms with van der Waals surface area (Å²) in [6.45, 7) is 3.29. The SMILES string of the molecule is COc1ccc(NC(C)=O)cc1CNS(=O)(=O)c1cccc(C)c1. The molecule has 0 aliphatic carbocycles. The number of carbonyl (C=O) groups is 1. The summed E-state index contributed by atoms with van der Waals surface area (Å²) in [5.41, 5.74) is 2.07. The lowest BCUT2D eigenvalue weighted by Crippen LogP contribution is -2.23. The summed E-state index contributed by atoms with van der Waals surface area (Å²) in [5, 5.41) is 2.66. The number of carbonyl (C=O) groups excluding carboxylic acids is 1. The van der Waals surface area contributed by atoms with E-state index in [1.54, 1.807) is 36.4 Å². The van der Waals surface area contributed by atoms with E-state index in [0.717, 1.165) is 5.56 Å². The maximum absolute atomic E-state index is 12.4. The first-order valence-corrected chi connectivity index (χ1v) is 8.81. The Balaban J connectivity index is 2.22. The van der Waals surface area contributed by atoms with Crippen molar-refractivity contribution >= 4 is 21.6 Å². The van der Waals surface area contributed by atoms with Gasteiger partial charge in [-0.2, -0.15) is 0 Å². The third-order valence-corrected chi connectivity index (χ3v) is 4.75. The van der Waals surface area contributed by atoms with Crippen molar-refractivity contribution in [3.8, 4) is 5.75 Å². The van der Waals surface area contributed by atoms with Crippen LogP contribution in [0.3, 0.4) is 0 Å². The Hall–Kier alpha value is -2.38. The van der Waals surface area contributed by atoms with Crippen LogP contribution in [0.5, 0.6) is 5.75 Å². The molecule has 0 bridgehead atoms. The molecule has 0 saturated carbocycles. The molecular formula is C17H20N2O4S. The highest BCUT2D eigenvalue weighted by molar-refractivity contribution is 7.89. The highest BCUT2D eigenvalue weighted by Gasteiger charge is 2.15. The first-order valence-electron chi connectivity index (χ1n) is 7.32. The van der Waals surface area contributed by atoms with E-state index in [2.05, 4.69) is 10.0 Å². The molecule has 0 unspecified atom stereocenters. The molecule has 7 heteroatoms. The Morgan fingerprint density at radius 3 is 2.54 bits per heavy atom. The Kier molecular flexibility index (Phi) is 5.58. The van der Waals surface area contributed by atoms with E-state index < -0.39 is 10.0 Å². The summed E-state index contributed by atoms with van der Waals surface area (Å²) in [7, 11) is -2.13. The van der Waals surface area contributed by atoms with Crippen molar-refractivity contribution in [1.82, 2.24) is 4.72 Å². The fraction of sp³-hybridized carbons (Fsp3) is 0.235. The van der Waals surface area contributed by atoms with E-state index in [0.29, 0.717) is 17.0 Å². The molecule has 0 heterocycles. The summed E-state index contributed by atoms with van der Waals surface area (Å²) < 4.78 is 32.6. The summed E-state index contributed by atoms with van der Waals surface area (Å²) in [6, 6.07) is 11.7. The number of benzene rings is 2. The van der Waals surface area contributed by atoms with Crippen molar-refractivity contribution in [3.63, 3.8) is 0 Å². The number of sulfonamides is 1. The van der Waals surface area contributed by atoms with Crippen molar-refractivity contribution in [2.45, 2.75) is 25.3 Å². The Labute approximate surface area is 141 Å². The van der Waals surface area contributed by atoms with Crippen LogP contribution in [0.15, 0.2) is 47.4 Å². The normalized spacial score (nSPS) is 11.1. The van der Waals surface area contributed by atoms with Gasteiger partial charge in [-0.15, -0.1) is 0 Å². The number of hydrogen-bond acceptors (Lipinski definition) is 4. The molecule has 2 rings (SSSR count). The van der Waals surface area contributed by atoms with Crippen LogP contribution in [-0.4, -0.2) is 21.4 Å². The molecule has 1 amide bonds. The number of rotatable bonds is 6. The van der Waals surface area contributed by atoms with Gasteiger partial charge >= 0.3 is 0 Å². The Morgan fingerprint density at radius 2 is 1.92 bits per heavy atom. The van der Waals surface area contributed by atoms with Gasteiger partial charge in [-0.25, -0.2) is 13.1 Å². The van der Waals surface area contributed by atoms with Gasteiger partial charge in [0.2, 0.25) is 15.9 Å². The molecule has 0 aliphatic rings. The van der Waals surface area contributed by atoms with Gasteiger partial charge in [-0.05, 0) is 42.8 Å². The summed E-state index contributed by atoms with van der Waals surface area (Å²) in [4.78, 5) is 11.4. The highest BCUT2D eigenvalue weighted by Crippen LogP contribution is 2.23. The molecule has 0 aromatic heterocycles. The van der Waals surface area contributed by atoms with Gasteiger partial charge in [-0.3, -0.25) is 4.79 Å². The molecule has 0 fully saturated rings. The number of amides is 1. The molecule has 6 nitrogen and oxygen atoms in total. The summed E-state index contributed by atoms with van der Waals surface area (Å²) in [6.07, 6.45) is 0. The van der Waals surface area contributed by atoms with Crippen LogP contribution < -0.4 is 14.8 Å². The quantitative estimate of drug-likeness (QED) is 0.840. The minimum Gasteiger partial charge on any atom is -0.496 e. The fourth-order valence-corrected chi connectivity index (χ4v) is 3.35. The van der Waals surface area contributed by atoms with Crippen molar-refractivity contribution in [1.29, 1.82) is 0 Å². The molecule has 0 aliphatic heterocycles. The summed E-state index contributed by atoms with van der Waals surface area (Å²) >= 11 is 0. The molecule has 24 heavy (non-hydrogen) atoms. The van der Waals surface area contributed by atoms with Crippen molar-refractivity contribution < 1.29 is 17.9 Å². The lowest BCUT2D eigenvalue weighted by atomic mass is 10.2. The number of anilines is 1. The predicted octanol–water partition coefficient (Wildman–Crippen LogP) is 2.44. The molecule has 0 atom stereocenters. The number of hydrogen-bond donors (Lipinski definition) is 2. The van der Waals surface area contributed by atoms with Crippen LogP contribution in [0.25, 0.3) is 0 Å². The van der Waals surface area contributed by atoms with Crippen LogP contribution in [0.4, 0.5) is 5.69 Å². The largest absolute Gasteiger partial charge is 0.496 e. The Bertz CT molecular complexity index is 847. The summed E-state index contributed by atoms with van der Waals surface area (Å²) in [5.74, 6) is 0.336. The highest BCUT2D eigenvalue weighted by atomic mass is 32.2. The van der Waals surface area contributed by atoms with Gasteiger partial charge in [0.25, 0.3) is 0 Å². The van der Waals surface area contributed by atoms with Gasteiger partial charge in [0.15, 0.2) is 0 Å². The number of aryl methyl sites for hydroxylation is 1. The minimum absolute atomic E-state index is 0.0485. The van der Waals surface area contributed by atoms with E-state index in [4.69, 9.17) is 4.74 Å². The van der Waals surface area contributed by atoms with Crippen molar-refractivity contribution in [2.75, 3.05) is 12.4 Å². The second-order valence-corrected chi connectivity index (χ2v) is 7.12. The van der Waals surface area contributed by atoms with Gasteiger partial charge < -0.3 is 10.1 Å². The molecule has 0 saturated heterocycles. The fourth-order valence-electron chi connectivity index (χ4n) is 2.24. The molecule has 128 valence electrons. The molecule has 2 aromatic carbocycles. The lowest BCUT2D eigenvalue weighted by molar-refractivity contribution is -0.114.